The Balaban J connectivity index is 1.46. The van der Waals surface area contributed by atoms with Crippen molar-refractivity contribution in [2.24, 2.45) is 7.05 Å². The molecular formula is C25H30FN7O2Si. The van der Waals surface area contributed by atoms with Crippen molar-refractivity contribution < 1.29 is 14.2 Å². The molecule has 36 heavy (non-hydrogen) atoms. The van der Waals surface area contributed by atoms with Crippen molar-refractivity contribution in [3.8, 4) is 11.3 Å². The number of hydrogen-bond donors (Lipinski definition) is 1. The second kappa shape index (κ2) is 8.91. The van der Waals surface area contributed by atoms with Crippen LogP contribution in [0.1, 0.15) is 18.2 Å². The number of halogens is 1. The molecule has 0 saturated heterocycles. The summed E-state index contributed by atoms with van der Waals surface area (Å²) in [6.07, 6.45) is 6.89. The van der Waals surface area contributed by atoms with E-state index in [9.17, 15) is 5.11 Å². The first kappa shape index (κ1) is 24.3. The lowest BCUT2D eigenvalue weighted by Crippen LogP contribution is -2.26. The van der Waals surface area contributed by atoms with Crippen molar-refractivity contribution in [2.75, 3.05) is 6.61 Å². The van der Waals surface area contributed by atoms with Gasteiger partial charge in [0.1, 0.15) is 18.1 Å². The minimum Gasteiger partial charge on any atom is -0.379 e. The lowest BCUT2D eigenvalue weighted by atomic mass is 9.91. The summed E-state index contributed by atoms with van der Waals surface area (Å²) in [5.74, 6) is -0.559. The molecule has 11 heteroatoms. The first-order chi connectivity index (χ1) is 17.0. The Morgan fingerprint density at radius 3 is 2.64 bits per heavy atom. The lowest BCUT2D eigenvalue weighted by molar-refractivity contribution is 0.0791. The van der Waals surface area contributed by atoms with E-state index in [1.165, 1.54) is 12.3 Å². The number of imidazole rings is 1. The van der Waals surface area contributed by atoms with Gasteiger partial charge in [-0.1, -0.05) is 19.6 Å². The smallest absolute Gasteiger partial charge is 0.153 e. The van der Waals surface area contributed by atoms with Gasteiger partial charge in [-0.3, -0.25) is 4.68 Å². The SMILES string of the molecule is Cn1cc(-c2ccc3ncc(C(C)(O)c4cc5cn(COCC[Si](C)(C)C)nc5cc4F)n3n2)cn1. The van der Waals surface area contributed by atoms with E-state index in [0.717, 1.165) is 11.6 Å². The maximum absolute atomic E-state index is 15.3. The van der Waals surface area contributed by atoms with E-state index in [0.29, 0.717) is 41.3 Å². The number of hydrogen-bond acceptors (Lipinski definition) is 6. The average Bonchev–Trinajstić information content (AvgIpc) is 3.52. The van der Waals surface area contributed by atoms with Crippen LogP contribution in [-0.2, 0) is 24.1 Å². The first-order valence-corrected chi connectivity index (χ1v) is 15.5. The number of nitrogens with zero attached hydrogens (tertiary/aromatic N) is 7. The molecule has 0 radical (unpaired) electrons. The zero-order valence-corrected chi connectivity index (χ0v) is 22.1. The third-order valence-corrected chi connectivity index (χ3v) is 7.95. The largest absolute Gasteiger partial charge is 0.379 e. The van der Waals surface area contributed by atoms with Crippen molar-refractivity contribution in [3.63, 3.8) is 0 Å². The lowest BCUT2D eigenvalue weighted by Gasteiger charge is -2.23. The van der Waals surface area contributed by atoms with Gasteiger partial charge in [0.25, 0.3) is 0 Å². The van der Waals surface area contributed by atoms with E-state index in [1.54, 1.807) is 45.3 Å². The number of aliphatic hydroxyl groups is 1. The maximum Gasteiger partial charge on any atom is 0.153 e. The third-order valence-electron chi connectivity index (χ3n) is 6.25. The highest BCUT2D eigenvalue weighted by Gasteiger charge is 2.33. The molecule has 4 aromatic heterocycles. The van der Waals surface area contributed by atoms with Gasteiger partial charge in [-0.05, 0) is 31.2 Å². The summed E-state index contributed by atoms with van der Waals surface area (Å²) in [7, 11) is 0.650. The summed E-state index contributed by atoms with van der Waals surface area (Å²) in [5.41, 5.74) is 1.29. The quantitative estimate of drug-likeness (QED) is 0.250. The highest BCUT2D eigenvalue weighted by molar-refractivity contribution is 6.76. The number of benzene rings is 1. The summed E-state index contributed by atoms with van der Waals surface area (Å²) in [6.45, 7) is 9.40. The number of rotatable bonds is 8. The first-order valence-electron chi connectivity index (χ1n) is 11.8. The van der Waals surface area contributed by atoms with Crippen LogP contribution < -0.4 is 0 Å². The minimum absolute atomic E-state index is 0.115. The van der Waals surface area contributed by atoms with E-state index >= 15 is 4.39 Å². The van der Waals surface area contributed by atoms with Crippen molar-refractivity contribution >= 4 is 24.6 Å². The third kappa shape index (κ3) is 4.69. The van der Waals surface area contributed by atoms with Crippen molar-refractivity contribution in [1.82, 2.24) is 34.2 Å². The van der Waals surface area contributed by atoms with Gasteiger partial charge in [-0.25, -0.2) is 18.6 Å². The van der Waals surface area contributed by atoms with Gasteiger partial charge >= 0.3 is 0 Å². The molecule has 188 valence electrons. The van der Waals surface area contributed by atoms with Gasteiger partial charge in [0, 0.05) is 56.7 Å². The predicted octanol–water partition coefficient (Wildman–Crippen LogP) is 4.19. The fourth-order valence-electron chi connectivity index (χ4n) is 4.12. The number of aryl methyl sites for hydroxylation is 1. The van der Waals surface area contributed by atoms with Gasteiger partial charge in [0.05, 0.1) is 29.3 Å². The van der Waals surface area contributed by atoms with Crippen LogP contribution in [0.2, 0.25) is 25.7 Å². The molecule has 1 unspecified atom stereocenters. The molecule has 0 amide bonds. The zero-order chi connectivity index (χ0) is 25.7. The van der Waals surface area contributed by atoms with Gasteiger partial charge < -0.3 is 9.84 Å². The van der Waals surface area contributed by atoms with E-state index in [1.807, 2.05) is 19.3 Å². The average molecular weight is 508 g/mol. The Morgan fingerprint density at radius 2 is 1.92 bits per heavy atom. The highest BCUT2D eigenvalue weighted by atomic mass is 28.3. The summed E-state index contributed by atoms with van der Waals surface area (Å²) in [5, 5.41) is 25.6. The monoisotopic (exact) mass is 507 g/mol. The molecule has 1 atom stereocenters. The molecular weight excluding hydrogens is 477 g/mol. The van der Waals surface area contributed by atoms with Crippen molar-refractivity contribution in [1.29, 1.82) is 0 Å². The van der Waals surface area contributed by atoms with Crippen LogP contribution in [0.4, 0.5) is 4.39 Å². The molecule has 0 aliphatic rings. The van der Waals surface area contributed by atoms with Crippen LogP contribution in [0, 0.1) is 5.82 Å². The molecule has 0 fully saturated rings. The van der Waals surface area contributed by atoms with Gasteiger partial charge in [0.2, 0.25) is 0 Å². The van der Waals surface area contributed by atoms with Crippen LogP contribution in [-0.4, -0.2) is 53.9 Å². The summed E-state index contributed by atoms with van der Waals surface area (Å²) in [4.78, 5) is 4.37. The molecule has 1 N–H and O–H groups in total. The van der Waals surface area contributed by atoms with E-state index < -0.39 is 19.5 Å². The van der Waals surface area contributed by atoms with E-state index in [-0.39, 0.29) is 5.56 Å². The fourth-order valence-corrected chi connectivity index (χ4v) is 4.88. The Kier molecular flexibility index (Phi) is 6.01. The second-order valence-electron chi connectivity index (χ2n) is 10.5. The topological polar surface area (TPSA) is 95.3 Å². The molecule has 0 aliphatic heterocycles. The molecule has 9 nitrogen and oxygen atoms in total. The molecule has 0 spiro atoms. The molecule has 0 bridgehead atoms. The molecule has 5 aromatic rings. The molecule has 0 saturated carbocycles. The molecule has 0 aliphatic carbocycles. The number of aromatic nitrogens is 7. The standard InChI is InChI=1S/C25H30FN7O2Si/c1-25(34,23-13-27-24-7-6-21(30-33(23)24)18-12-28-31(2)14-18)19-10-17-15-32(29-22(17)11-20(19)26)16-35-8-9-36(3,4)5/h6-7,10-15,34H,8-9,16H2,1-5H3. The Morgan fingerprint density at radius 1 is 1.11 bits per heavy atom. The van der Waals surface area contributed by atoms with Crippen LogP contribution in [0.3, 0.4) is 0 Å². The number of ether oxygens (including phenoxy) is 1. The summed E-state index contributed by atoms with van der Waals surface area (Å²) in [6, 6.07) is 7.67. The predicted molar refractivity (Wildman–Crippen MR) is 138 cm³/mol. The van der Waals surface area contributed by atoms with Crippen LogP contribution in [0.25, 0.3) is 27.8 Å². The second-order valence-corrected chi connectivity index (χ2v) is 16.1. The summed E-state index contributed by atoms with van der Waals surface area (Å²) >= 11 is 0. The van der Waals surface area contributed by atoms with E-state index in [2.05, 4.69) is 39.9 Å². The Hall–Kier alpha value is -3.41. The van der Waals surface area contributed by atoms with E-state index in [4.69, 9.17) is 4.74 Å². The zero-order valence-electron chi connectivity index (χ0n) is 21.1. The number of fused-ring (bicyclic) bond motifs is 2. The molecule has 5 rings (SSSR count). The van der Waals surface area contributed by atoms with Crippen LogP contribution in [0.15, 0.2) is 49.1 Å². The van der Waals surface area contributed by atoms with Gasteiger partial charge in [-0.2, -0.15) is 15.3 Å². The van der Waals surface area contributed by atoms with Crippen LogP contribution in [0.5, 0.6) is 0 Å². The normalized spacial score (nSPS) is 14.1. The molecule has 4 heterocycles. The highest BCUT2D eigenvalue weighted by Crippen LogP contribution is 2.34. The maximum atomic E-state index is 15.3. The Labute approximate surface area is 209 Å². The van der Waals surface area contributed by atoms with Crippen molar-refractivity contribution in [3.05, 3.63) is 66.1 Å². The van der Waals surface area contributed by atoms with Crippen LogP contribution >= 0.6 is 0 Å². The van der Waals surface area contributed by atoms with Gasteiger partial charge in [0.15, 0.2) is 5.65 Å². The molecule has 1 aromatic carbocycles. The fraction of sp³-hybridized carbons (Fsp3) is 0.360. The minimum atomic E-state index is -1.70. The van der Waals surface area contributed by atoms with Gasteiger partial charge in [-0.15, -0.1) is 0 Å². The summed E-state index contributed by atoms with van der Waals surface area (Å²) < 4.78 is 26.0. The Bertz CT molecular complexity index is 1550. The van der Waals surface area contributed by atoms with Crippen molar-refractivity contribution in [2.45, 2.75) is 44.9 Å².